The topological polar surface area (TPSA) is 77.8 Å². The molecule has 0 radical (unpaired) electrons. The molecule has 2 rings (SSSR count). The monoisotopic (exact) mass is 359 g/mol. The summed E-state index contributed by atoms with van der Waals surface area (Å²) in [6, 6.07) is 5.32. The van der Waals surface area contributed by atoms with Gasteiger partial charge in [0.1, 0.15) is 5.75 Å². The lowest BCUT2D eigenvalue weighted by atomic mass is 10.3. The van der Waals surface area contributed by atoms with Gasteiger partial charge in [0, 0.05) is 11.3 Å². The zero-order chi connectivity index (χ0) is 17.7. The summed E-state index contributed by atoms with van der Waals surface area (Å²) in [6.45, 7) is -1.90. The predicted octanol–water partition coefficient (Wildman–Crippen LogP) is 3.64. The number of furan rings is 1. The lowest BCUT2D eigenvalue weighted by Gasteiger charge is -2.09. The van der Waals surface area contributed by atoms with Crippen molar-refractivity contribution in [3.8, 4) is 5.75 Å². The van der Waals surface area contributed by atoms with Crippen LogP contribution in [0.15, 0.2) is 34.9 Å². The number of halogens is 3. The molecule has 1 N–H and O–H groups in total. The molecule has 1 amide bonds. The van der Waals surface area contributed by atoms with Crippen molar-refractivity contribution in [3.05, 3.63) is 46.9 Å². The van der Waals surface area contributed by atoms with E-state index in [4.69, 9.17) is 20.8 Å². The molecule has 6 nitrogen and oxygen atoms in total. The molecule has 0 unspecified atom stereocenters. The van der Waals surface area contributed by atoms with Crippen molar-refractivity contribution in [1.82, 2.24) is 0 Å². The summed E-state index contributed by atoms with van der Waals surface area (Å²) >= 11 is 5.76. The number of aryl methyl sites for hydroxylation is 1. The van der Waals surface area contributed by atoms with Crippen LogP contribution >= 0.6 is 11.6 Å². The first-order valence-corrected chi connectivity index (χ1v) is 7.00. The smallest absolute Gasteiger partial charge is 0.387 e. The van der Waals surface area contributed by atoms with Gasteiger partial charge in [-0.3, -0.25) is 4.79 Å². The van der Waals surface area contributed by atoms with Gasteiger partial charge in [0.15, 0.2) is 6.61 Å². The summed E-state index contributed by atoms with van der Waals surface area (Å²) in [5.41, 5.74) is 0.818. The lowest BCUT2D eigenvalue weighted by molar-refractivity contribution is -0.119. The number of amides is 1. The standard InChI is InChI=1S/C15H12ClF2NO5/c1-8-4-5-22-13(8)14(21)23-7-12(20)19-9-2-3-11(10(16)6-9)24-15(17)18/h2-6,15H,7H2,1H3,(H,19,20). The maximum Gasteiger partial charge on any atom is 0.387 e. The summed E-state index contributed by atoms with van der Waals surface area (Å²) in [5.74, 6) is -1.61. The summed E-state index contributed by atoms with van der Waals surface area (Å²) < 4.78 is 38.2. The highest BCUT2D eigenvalue weighted by Gasteiger charge is 2.16. The maximum atomic E-state index is 12.1. The van der Waals surface area contributed by atoms with E-state index in [1.165, 1.54) is 24.5 Å². The van der Waals surface area contributed by atoms with Crippen LogP contribution in [0, 0.1) is 6.92 Å². The largest absolute Gasteiger partial charge is 0.457 e. The second-order valence-electron chi connectivity index (χ2n) is 4.58. The van der Waals surface area contributed by atoms with Crippen LogP contribution in [0.4, 0.5) is 14.5 Å². The Morgan fingerprint density at radius 3 is 2.67 bits per heavy atom. The van der Waals surface area contributed by atoms with Crippen molar-refractivity contribution >= 4 is 29.2 Å². The van der Waals surface area contributed by atoms with Crippen molar-refractivity contribution in [3.63, 3.8) is 0 Å². The van der Waals surface area contributed by atoms with Gasteiger partial charge >= 0.3 is 12.6 Å². The van der Waals surface area contributed by atoms with Crippen molar-refractivity contribution in [2.24, 2.45) is 0 Å². The molecule has 128 valence electrons. The van der Waals surface area contributed by atoms with Gasteiger partial charge in [0.25, 0.3) is 5.91 Å². The highest BCUT2D eigenvalue weighted by atomic mass is 35.5. The van der Waals surface area contributed by atoms with E-state index in [-0.39, 0.29) is 22.2 Å². The number of rotatable bonds is 6. The van der Waals surface area contributed by atoms with Gasteiger partial charge in [-0.05, 0) is 31.2 Å². The molecule has 2 aromatic rings. The second-order valence-corrected chi connectivity index (χ2v) is 4.99. The fourth-order valence-electron chi connectivity index (χ4n) is 1.75. The number of benzene rings is 1. The lowest BCUT2D eigenvalue weighted by Crippen LogP contribution is -2.21. The molecule has 1 aromatic carbocycles. The molecule has 0 aliphatic carbocycles. The predicted molar refractivity (Wildman–Crippen MR) is 80.4 cm³/mol. The molecule has 24 heavy (non-hydrogen) atoms. The fourth-order valence-corrected chi connectivity index (χ4v) is 1.97. The van der Waals surface area contributed by atoms with Gasteiger partial charge < -0.3 is 19.2 Å². The SMILES string of the molecule is Cc1ccoc1C(=O)OCC(=O)Nc1ccc(OC(F)F)c(Cl)c1. The van der Waals surface area contributed by atoms with E-state index < -0.39 is 25.1 Å². The number of nitrogens with one attached hydrogen (secondary N) is 1. The molecule has 0 aliphatic rings. The molecule has 0 atom stereocenters. The number of carbonyl (C=O) groups excluding carboxylic acids is 2. The van der Waals surface area contributed by atoms with E-state index in [0.717, 1.165) is 0 Å². The number of esters is 1. The summed E-state index contributed by atoms with van der Waals surface area (Å²) in [5, 5.41) is 2.30. The molecule has 0 bridgehead atoms. The van der Waals surface area contributed by atoms with Crippen molar-refractivity contribution in [1.29, 1.82) is 0 Å². The molecular weight excluding hydrogens is 348 g/mol. The molecule has 9 heteroatoms. The van der Waals surface area contributed by atoms with Crippen LogP contribution in [0.25, 0.3) is 0 Å². The van der Waals surface area contributed by atoms with Crippen LogP contribution < -0.4 is 10.1 Å². The Balaban J connectivity index is 1.89. The van der Waals surface area contributed by atoms with Gasteiger partial charge in [-0.2, -0.15) is 8.78 Å². The summed E-state index contributed by atoms with van der Waals surface area (Å²) in [4.78, 5) is 23.4. The molecule has 1 aromatic heterocycles. The van der Waals surface area contributed by atoms with Crippen LogP contribution in [-0.4, -0.2) is 25.1 Å². The van der Waals surface area contributed by atoms with E-state index in [2.05, 4.69) is 10.1 Å². The van der Waals surface area contributed by atoms with E-state index >= 15 is 0 Å². The number of anilines is 1. The van der Waals surface area contributed by atoms with Gasteiger partial charge in [-0.25, -0.2) is 4.79 Å². The maximum absolute atomic E-state index is 12.1. The Morgan fingerprint density at radius 2 is 2.08 bits per heavy atom. The van der Waals surface area contributed by atoms with Crippen LogP contribution in [0.1, 0.15) is 16.1 Å². The van der Waals surface area contributed by atoms with Gasteiger partial charge in [0.2, 0.25) is 5.76 Å². The third-order valence-electron chi connectivity index (χ3n) is 2.81. The van der Waals surface area contributed by atoms with Gasteiger partial charge in [-0.15, -0.1) is 0 Å². The summed E-state index contributed by atoms with van der Waals surface area (Å²) in [7, 11) is 0. The minimum Gasteiger partial charge on any atom is -0.457 e. The third kappa shape index (κ3) is 4.69. The molecule has 0 spiro atoms. The molecule has 0 saturated heterocycles. The zero-order valence-corrected chi connectivity index (χ0v) is 13.1. The molecule has 0 aliphatic heterocycles. The van der Waals surface area contributed by atoms with Crippen molar-refractivity contribution in [2.75, 3.05) is 11.9 Å². The highest BCUT2D eigenvalue weighted by molar-refractivity contribution is 6.32. The Bertz CT molecular complexity index is 747. The quantitative estimate of drug-likeness (QED) is 0.797. The first kappa shape index (κ1) is 17.7. The van der Waals surface area contributed by atoms with Crippen LogP contribution in [0.5, 0.6) is 5.75 Å². The minimum absolute atomic E-state index is 0.0133. The second kappa shape index (κ2) is 7.78. The number of carbonyl (C=O) groups is 2. The van der Waals surface area contributed by atoms with Crippen molar-refractivity contribution < 1.29 is 32.3 Å². The Labute approximate surface area is 140 Å². The van der Waals surface area contributed by atoms with Gasteiger partial charge in [0.05, 0.1) is 11.3 Å². The molecular formula is C15H12ClF2NO5. The van der Waals surface area contributed by atoms with Crippen LogP contribution in [0.2, 0.25) is 5.02 Å². The number of ether oxygens (including phenoxy) is 2. The Morgan fingerprint density at radius 1 is 1.33 bits per heavy atom. The zero-order valence-electron chi connectivity index (χ0n) is 12.3. The van der Waals surface area contributed by atoms with E-state index in [0.29, 0.717) is 5.56 Å². The van der Waals surface area contributed by atoms with Crippen LogP contribution in [-0.2, 0) is 9.53 Å². The molecule has 0 saturated carbocycles. The van der Waals surface area contributed by atoms with Crippen LogP contribution in [0.3, 0.4) is 0 Å². The number of hydrogen-bond donors (Lipinski definition) is 1. The highest BCUT2D eigenvalue weighted by Crippen LogP contribution is 2.28. The average Bonchev–Trinajstić information content (AvgIpc) is 2.93. The average molecular weight is 360 g/mol. The third-order valence-corrected chi connectivity index (χ3v) is 3.11. The van der Waals surface area contributed by atoms with E-state index in [1.807, 2.05) is 0 Å². The number of hydrogen-bond acceptors (Lipinski definition) is 5. The number of alkyl halides is 2. The first-order chi connectivity index (χ1) is 11.4. The van der Waals surface area contributed by atoms with E-state index in [9.17, 15) is 18.4 Å². The minimum atomic E-state index is -3.01. The normalized spacial score (nSPS) is 10.5. The molecule has 1 heterocycles. The Kier molecular flexibility index (Phi) is 5.75. The fraction of sp³-hybridized carbons (Fsp3) is 0.200. The van der Waals surface area contributed by atoms with Crippen molar-refractivity contribution in [2.45, 2.75) is 13.5 Å². The Hall–Kier alpha value is -2.61. The summed E-state index contributed by atoms with van der Waals surface area (Å²) in [6.07, 6.45) is 1.33. The van der Waals surface area contributed by atoms with Gasteiger partial charge in [-0.1, -0.05) is 11.6 Å². The molecule has 0 fully saturated rings. The first-order valence-electron chi connectivity index (χ1n) is 6.62. The van der Waals surface area contributed by atoms with E-state index in [1.54, 1.807) is 13.0 Å².